The molecule has 1 aliphatic rings. The molecule has 0 aliphatic heterocycles. The summed E-state index contributed by atoms with van der Waals surface area (Å²) in [5.74, 6) is -12.0. The van der Waals surface area contributed by atoms with Gasteiger partial charge in [-0.25, -0.2) is 22.0 Å². The Labute approximate surface area is 96.6 Å². The number of hydrogen-bond donors (Lipinski definition) is 0. The van der Waals surface area contributed by atoms with Gasteiger partial charge in [-0.3, -0.25) is 0 Å². The Morgan fingerprint density at radius 3 is 1.78 bits per heavy atom. The molecule has 8 heteroatoms. The molecule has 18 heavy (non-hydrogen) atoms. The van der Waals surface area contributed by atoms with Crippen molar-refractivity contribution in [2.24, 2.45) is 5.18 Å². The quantitative estimate of drug-likeness (QED) is 0.277. The first-order chi connectivity index (χ1) is 8.39. The van der Waals surface area contributed by atoms with Gasteiger partial charge in [-0.2, -0.15) is 0 Å². The van der Waals surface area contributed by atoms with Gasteiger partial charge in [0.05, 0.1) is 0 Å². The molecule has 1 aromatic carbocycles. The van der Waals surface area contributed by atoms with Crippen LogP contribution in [0.2, 0.25) is 0 Å². The highest BCUT2D eigenvalue weighted by molar-refractivity contribution is 5.73. The molecule has 96 valence electrons. The van der Waals surface area contributed by atoms with Gasteiger partial charge in [0.15, 0.2) is 35.1 Å². The van der Waals surface area contributed by atoms with Gasteiger partial charge in [0.1, 0.15) is 0 Å². The molecule has 0 N–H and O–H groups in total. The molecule has 0 bridgehead atoms. The van der Waals surface area contributed by atoms with Gasteiger partial charge >= 0.3 is 0 Å². The van der Waals surface area contributed by atoms with E-state index in [9.17, 15) is 31.7 Å². The first kappa shape index (κ1) is 12.6. The van der Waals surface area contributed by atoms with E-state index in [1.54, 1.807) is 0 Å². The summed E-state index contributed by atoms with van der Waals surface area (Å²) in [6.45, 7) is 0. The first-order valence-electron chi connectivity index (χ1n) is 4.71. The van der Waals surface area contributed by atoms with Crippen LogP contribution >= 0.6 is 0 Å². The largest absolute Gasteiger partial charge is 0.300 e. The molecule has 2 unspecified atom stereocenters. The predicted molar refractivity (Wildman–Crippen MR) is 48.2 cm³/mol. The maximum absolute atomic E-state index is 13.3. The monoisotopic (exact) mass is 265 g/mol. The highest BCUT2D eigenvalue weighted by atomic mass is 19.2. The summed E-state index contributed by atoms with van der Waals surface area (Å²) in [4.78, 5) is 20.9. The second kappa shape index (κ2) is 3.82. The summed E-state index contributed by atoms with van der Waals surface area (Å²) in [6, 6.07) is 0. The number of halogens is 5. The zero-order chi connectivity index (χ0) is 13.7. The topological polar surface area (TPSA) is 46.5 Å². The van der Waals surface area contributed by atoms with Crippen molar-refractivity contribution < 1.29 is 26.7 Å². The lowest BCUT2D eigenvalue weighted by atomic mass is 10.0. The average Bonchev–Trinajstić information content (AvgIpc) is 3.09. The van der Waals surface area contributed by atoms with Crippen LogP contribution in [0.15, 0.2) is 5.18 Å². The zero-order valence-corrected chi connectivity index (χ0v) is 8.52. The molecule has 2 atom stereocenters. The number of hydrogen-bond acceptors (Lipinski definition) is 3. The minimum atomic E-state index is -2.29. The van der Waals surface area contributed by atoms with Gasteiger partial charge in [-0.15, -0.1) is 4.91 Å². The lowest BCUT2D eigenvalue weighted by Gasteiger charge is -2.07. The minimum absolute atomic E-state index is 0.0444. The maximum atomic E-state index is 13.3. The molecule has 3 nitrogen and oxygen atoms in total. The summed E-state index contributed by atoms with van der Waals surface area (Å²) >= 11 is 0. The Morgan fingerprint density at radius 1 is 1.00 bits per heavy atom. The Bertz CT molecular complexity index is 523. The van der Waals surface area contributed by atoms with E-state index >= 15 is 0 Å². The highest BCUT2D eigenvalue weighted by Gasteiger charge is 2.60. The van der Waals surface area contributed by atoms with E-state index in [1.165, 1.54) is 0 Å². The van der Waals surface area contributed by atoms with Gasteiger partial charge in [0, 0.05) is 11.5 Å². The SMILES string of the molecule is O=CC1(N=O)CC1c1c(F)c(F)c(F)c(F)c1F. The van der Waals surface area contributed by atoms with Crippen LogP contribution in [0.25, 0.3) is 0 Å². The predicted octanol–water partition coefficient (Wildman–Crippen LogP) is 2.57. The van der Waals surface area contributed by atoms with Crippen molar-refractivity contribution in [3.05, 3.63) is 39.6 Å². The van der Waals surface area contributed by atoms with Crippen molar-refractivity contribution in [2.45, 2.75) is 17.9 Å². The van der Waals surface area contributed by atoms with E-state index in [2.05, 4.69) is 5.18 Å². The molecule has 2 rings (SSSR count). The van der Waals surface area contributed by atoms with Crippen molar-refractivity contribution in [1.29, 1.82) is 0 Å². The number of carbonyl (C=O) groups excluding carboxylic acids is 1. The van der Waals surface area contributed by atoms with Crippen molar-refractivity contribution in [3.63, 3.8) is 0 Å². The van der Waals surface area contributed by atoms with Crippen molar-refractivity contribution in [2.75, 3.05) is 0 Å². The molecule has 0 radical (unpaired) electrons. The molecule has 1 saturated carbocycles. The lowest BCUT2D eigenvalue weighted by Crippen LogP contribution is -2.13. The third kappa shape index (κ3) is 1.44. The molecule has 1 aromatic rings. The van der Waals surface area contributed by atoms with Gasteiger partial charge < -0.3 is 4.79 Å². The number of carbonyl (C=O) groups is 1. The Hall–Kier alpha value is -1.86. The fourth-order valence-electron chi connectivity index (χ4n) is 1.80. The molecule has 0 heterocycles. The lowest BCUT2D eigenvalue weighted by molar-refractivity contribution is -0.109. The van der Waals surface area contributed by atoms with E-state index in [-0.39, 0.29) is 12.7 Å². The molecule has 1 fully saturated rings. The number of benzene rings is 1. The molecule has 0 saturated heterocycles. The molecule has 0 aromatic heterocycles. The van der Waals surface area contributed by atoms with Crippen LogP contribution in [-0.2, 0) is 4.79 Å². The van der Waals surface area contributed by atoms with Gasteiger partial charge in [-0.1, -0.05) is 5.18 Å². The smallest absolute Gasteiger partial charge is 0.200 e. The minimum Gasteiger partial charge on any atom is -0.300 e. The normalized spacial score (nSPS) is 25.9. The van der Waals surface area contributed by atoms with Crippen LogP contribution in [0.3, 0.4) is 0 Å². The fourth-order valence-corrected chi connectivity index (χ4v) is 1.80. The van der Waals surface area contributed by atoms with Crippen LogP contribution in [0.1, 0.15) is 17.9 Å². The standard InChI is InChI=1S/C10H4F5NO2/c11-5-4(3-1-10(3,2-17)16-18)6(12)8(14)9(15)7(5)13/h2-3H,1H2. The summed E-state index contributed by atoms with van der Waals surface area (Å²) in [5, 5.41) is 2.38. The van der Waals surface area contributed by atoms with Crippen LogP contribution in [0.5, 0.6) is 0 Å². The zero-order valence-electron chi connectivity index (χ0n) is 8.52. The highest BCUT2D eigenvalue weighted by Crippen LogP contribution is 2.54. The number of rotatable bonds is 3. The summed E-state index contributed by atoms with van der Waals surface area (Å²) in [5.41, 5.74) is -3.10. The van der Waals surface area contributed by atoms with E-state index in [0.29, 0.717) is 0 Å². The third-order valence-electron chi connectivity index (χ3n) is 2.94. The molecule has 0 amide bonds. The molecule has 1 aliphatic carbocycles. The van der Waals surface area contributed by atoms with E-state index < -0.39 is 46.1 Å². The Morgan fingerprint density at radius 2 is 1.44 bits per heavy atom. The van der Waals surface area contributed by atoms with Crippen molar-refractivity contribution in [3.8, 4) is 0 Å². The third-order valence-corrected chi connectivity index (χ3v) is 2.94. The second-order valence-electron chi connectivity index (χ2n) is 3.94. The van der Waals surface area contributed by atoms with Gasteiger partial charge in [0.2, 0.25) is 5.82 Å². The van der Waals surface area contributed by atoms with Crippen molar-refractivity contribution in [1.82, 2.24) is 0 Å². The Balaban J connectivity index is 2.61. The van der Waals surface area contributed by atoms with Crippen LogP contribution in [0.4, 0.5) is 22.0 Å². The molecular formula is C10H4F5NO2. The Kier molecular flexibility index (Phi) is 2.67. The molecule has 0 spiro atoms. The van der Waals surface area contributed by atoms with Gasteiger partial charge in [-0.05, 0) is 6.42 Å². The molecular weight excluding hydrogens is 261 g/mol. The fraction of sp³-hybridized carbons (Fsp3) is 0.300. The van der Waals surface area contributed by atoms with Crippen LogP contribution in [-0.4, -0.2) is 11.8 Å². The second-order valence-corrected chi connectivity index (χ2v) is 3.94. The number of nitroso groups, excluding NO2 is 1. The summed E-state index contributed by atoms with van der Waals surface area (Å²) < 4.78 is 65.2. The first-order valence-corrected chi connectivity index (χ1v) is 4.71. The summed E-state index contributed by atoms with van der Waals surface area (Å²) in [7, 11) is 0. The number of nitrogens with zero attached hydrogens (tertiary/aromatic N) is 1. The average molecular weight is 265 g/mol. The van der Waals surface area contributed by atoms with Crippen LogP contribution < -0.4 is 0 Å². The summed E-state index contributed by atoms with van der Waals surface area (Å²) in [6.07, 6.45) is -0.332. The van der Waals surface area contributed by atoms with Crippen LogP contribution in [0, 0.1) is 34.0 Å². The maximum Gasteiger partial charge on any atom is 0.200 e. The van der Waals surface area contributed by atoms with E-state index in [1.807, 2.05) is 0 Å². The van der Waals surface area contributed by atoms with Crippen molar-refractivity contribution >= 4 is 6.29 Å². The van der Waals surface area contributed by atoms with E-state index in [4.69, 9.17) is 0 Å². The van der Waals surface area contributed by atoms with Gasteiger partial charge in [0.25, 0.3) is 0 Å². The van der Waals surface area contributed by atoms with E-state index in [0.717, 1.165) is 0 Å². The number of aldehydes is 1.